The molecule has 0 spiro atoms. The molecule has 1 N–H and O–H groups in total. The second-order valence-electron chi connectivity index (χ2n) is 7.91. The van der Waals surface area contributed by atoms with Gasteiger partial charge in [-0.2, -0.15) is 0 Å². The van der Waals surface area contributed by atoms with Gasteiger partial charge in [0.15, 0.2) is 0 Å². The summed E-state index contributed by atoms with van der Waals surface area (Å²) in [7, 11) is 0. The molecule has 5 rings (SSSR count). The molecular weight excluding hydrogens is 246 g/mol. The monoisotopic (exact) mass is 273 g/mol. The van der Waals surface area contributed by atoms with Crippen LogP contribution in [0.2, 0.25) is 0 Å². The third kappa shape index (κ3) is 2.04. The van der Waals surface area contributed by atoms with Gasteiger partial charge < -0.3 is 9.73 Å². The fourth-order valence-corrected chi connectivity index (χ4v) is 5.76. The highest BCUT2D eigenvalue weighted by Crippen LogP contribution is 2.61. The number of hydrogen-bond donors (Lipinski definition) is 1. The minimum Gasteiger partial charge on any atom is -0.468 e. The van der Waals surface area contributed by atoms with Gasteiger partial charge in [0.05, 0.1) is 12.8 Å². The van der Waals surface area contributed by atoms with Crippen LogP contribution in [0.3, 0.4) is 0 Å². The largest absolute Gasteiger partial charge is 0.468 e. The normalized spacial score (nSPS) is 40.2. The van der Waals surface area contributed by atoms with Crippen molar-refractivity contribution in [3.8, 4) is 0 Å². The van der Waals surface area contributed by atoms with Crippen LogP contribution in [0.15, 0.2) is 16.7 Å². The zero-order chi connectivity index (χ0) is 13.7. The first-order valence-electron chi connectivity index (χ1n) is 8.41. The van der Waals surface area contributed by atoms with Gasteiger partial charge in [-0.05, 0) is 87.2 Å². The molecule has 0 saturated heterocycles. The van der Waals surface area contributed by atoms with Gasteiger partial charge in [-0.25, -0.2) is 0 Å². The molecule has 4 fully saturated rings. The Morgan fingerprint density at radius 2 is 1.80 bits per heavy atom. The Balaban J connectivity index is 1.45. The molecule has 1 unspecified atom stereocenters. The van der Waals surface area contributed by atoms with E-state index in [1.807, 2.05) is 6.26 Å². The Bertz CT molecular complexity index is 454. The fourth-order valence-electron chi connectivity index (χ4n) is 5.76. The van der Waals surface area contributed by atoms with Gasteiger partial charge in [0.25, 0.3) is 0 Å². The zero-order valence-electron chi connectivity index (χ0n) is 12.8. The maximum atomic E-state index is 5.57. The van der Waals surface area contributed by atoms with Crippen LogP contribution in [0.5, 0.6) is 0 Å². The zero-order valence-corrected chi connectivity index (χ0v) is 12.8. The van der Waals surface area contributed by atoms with Crippen molar-refractivity contribution < 1.29 is 4.42 Å². The highest BCUT2D eigenvalue weighted by Gasteiger charge is 2.52. The van der Waals surface area contributed by atoms with Crippen molar-refractivity contribution in [1.82, 2.24) is 5.32 Å². The molecule has 1 aromatic heterocycles. The van der Waals surface area contributed by atoms with Gasteiger partial charge in [0, 0.05) is 6.04 Å². The molecule has 2 heteroatoms. The van der Waals surface area contributed by atoms with Crippen molar-refractivity contribution in [2.75, 3.05) is 0 Å². The summed E-state index contributed by atoms with van der Waals surface area (Å²) in [5.41, 5.74) is 1.87. The predicted molar refractivity (Wildman–Crippen MR) is 80.4 cm³/mol. The average Bonchev–Trinajstić information content (AvgIpc) is 2.80. The molecule has 4 saturated carbocycles. The predicted octanol–water partition coefficient (Wildman–Crippen LogP) is 4.28. The number of hydrogen-bond acceptors (Lipinski definition) is 2. The van der Waals surface area contributed by atoms with Crippen LogP contribution < -0.4 is 5.32 Å². The van der Waals surface area contributed by atoms with Crippen LogP contribution in [-0.2, 0) is 6.54 Å². The summed E-state index contributed by atoms with van der Waals surface area (Å²) < 4.78 is 5.57. The second kappa shape index (κ2) is 4.62. The molecule has 2 nitrogen and oxygen atoms in total. The van der Waals surface area contributed by atoms with Gasteiger partial charge in [-0.1, -0.05) is 0 Å². The van der Waals surface area contributed by atoms with E-state index in [2.05, 4.69) is 25.2 Å². The molecule has 4 aliphatic rings. The Labute approximate surface area is 122 Å². The van der Waals surface area contributed by atoms with Crippen molar-refractivity contribution in [1.29, 1.82) is 0 Å². The van der Waals surface area contributed by atoms with Crippen LogP contribution >= 0.6 is 0 Å². The molecule has 110 valence electrons. The van der Waals surface area contributed by atoms with E-state index >= 15 is 0 Å². The lowest BCUT2D eigenvalue weighted by molar-refractivity contribution is -0.0708. The van der Waals surface area contributed by atoms with E-state index in [9.17, 15) is 0 Å². The first-order chi connectivity index (χ1) is 9.64. The summed E-state index contributed by atoms with van der Waals surface area (Å²) in [6, 6.07) is 2.69. The molecule has 0 amide bonds. The molecule has 1 heterocycles. The smallest absolute Gasteiger partial charge is 0.120 e. The van der Waals surface area contributed by atoms with Gasteiger partial charge in [0.1, 0.15) is 5.76 Å². The molecule has 0 aliphatic heterocycles. The Hall–Kier alpha value is -0.760. The number of nitrogens with one attached hydrogen (secondary N) is 1. The highest BCUT2D eigenvalue weighted by atomic mass is 16.3. The molecule has 1 aromatic rings. The van der Waals surface area contributed by atoms with Crippen LogP contribution in [0, 0.1) is 30.1 Å². The Kier molecular flexibility index (Phi) is 2.99. The summed E-state index contributed by atoms with van der Waals surface area (Å²) in [5.74, 6) is 4.23. The first kappa shape index (κ1) is 12.9. The molecule has 1 atom stereocenters. The minimum absolute atomic E-state index is 0.593. The quantitative estimate of drug-likeness (QED) is 0.885. The first-order valence-corrected chi connectivity index (χ1v) is 8.41. The number of furan rings is 1. The van der Waals surface area contributed by atoms with E-state index in [-0.39, 0.29) is 0 Å². The molecule has 4 aliphatic carbocycles. The fraction of sp³-hybridized carbons (Fsp3) is 0.778. The maximum absolute atomic E-state index is 5.57. The molecule has 0 aromatic carbocycles. The summed E-state index contributed by atoms with van der Waals surface area (Å²) in [4.78, 5) is 0. The molecule has 4 bridgehead atoms. The van der Waals surface area contributed by atoms with Crippen LogP contribution in [-0.4, -0.2) is 6.04 Å². The van der Waals surface area contributed by atoms with E-state index in [0.717, 1.165) is 30.1 Å². The third-order valence-electron chi connectivity index (χ3n) is 6.54. The molecular formula is C18H27NO. The van der Waals surface area contributed by atoms with E-state index < -0.39 is 0 Å². The second-order valence-corrected chi connectivity index (χ2v) is 7.91. The van der Waals surface area contributed by atoms with Crippen molar-refractivity contribution in [2.45, 2.75) is 65.0 Å². The SMILES string of the molecule is Cc1ccoc1CNC(C)C12CC3CC(CC(C3)C1)C2. The summed E-state index contributed by atoms with van der Waals surface area (Å²) in [5, 5.41) is 3.79. The van der Waals surface area contributed by atoms with Crippen LogP contribution in [0.1, 0.15) is 56.8 Å². The van der Waals surface area contributed by atoms with Crippen molar-refractivity contribution >= 4 is 0 Å². The standard InChI is InChI=1S/C18H27NO/c1-12-3-4-20-17(12)11-19-13(2)18-8-14-5-15(9-18)7-16(6-14)10-18/h3-4,13-16,19H,5-11H2,1-2H3. The molecule has 0 radical (unpaired) electrons. The van der Waals surface area contributed by atoms with E-state index in [0.29, 0.717) is 11.5 Å². The van der Waals surface area contributed by atoms with E-state index in [1.54, 1.807) is 0 Å². The van der Waals surface area contributed by atoms with Gasteiger partial charge in [-0.3, -0.25) is 0 Å². The molecule has 20 heavy (non-hydrogen) atoms. The summed E-state index contributed by atoms with van der Waals surface area (Å²) in [6.07, 6.45) is 10.8. The topological polar surface area (TPSA) is 25.2 Å². The lowest BCUT2D eigenvalue weighted by Crippen LogP contribution is -2.54. The van der Waals surface area contributed by atoms with Crippen molar-refractivity contribution in [2.24, 2.45) is 23.2 Å². The Morgan fingerprint density at radius 3 is 2.30 bits per heavy atom. The van der Waals surface area contributed by atoms with Gasteiger partial charge in [0.2, 0.25) is 0 Å². The van der Waals surface area contributed by atoms with Crippen LogP contribution in [0.4, 0.5) is 0 Å². The average molecular weight is 273 g/mol. The van der Waals surface area contributed by atoms with E-state index in [1.165, 1.54) is 44.1 Å². The maximum Gasteiger partial charge on any atom is 0.120 e. The van der Waals surface area contributed by atoms with Gasteiger partial charge in [-0.15, -0.1) is 0 Å². The number of rotatable bonds is 4. The Morgan fingerprint density at radius 1 is 1.20 bits per heavy atom. The summed E-state index contributed by atoms with van der Waals surface area (Å²) >= 11 is 0. The number of aryl methyl sites for hydroxylation is 1. The minimum atomic E-state index is 0.593. The van der Waals surface area contributed by atoms with Crippen molar-refractivity contribution in [3.05, 3.63) is 23.7 Å². The lowest BCUT2D eigenvalue weighted by atomic mass is 9.48. The highest BCUT2D eigenvalue weighted by molar-refractivity contribution is 5.14. The van der Waals surface area contributed by atoms with E-state index in [4.69, 9.17) is 4.42 Å². The van der Waals surface area contributed by atoms with Gasteiger partial charge >= 0.3 is 0 Å². The third-order valence-corrected chi connectivity index (χ3v) is 6.54. The van der Waals surface area contributed by atoms with Crippen LogP contribution in [0.25, 0.3) is 0 Å². The lowest BCUT2D eigenvalue weighted by Gasteiger charge is -2.59. The van der Waals surface area contributed by atoms with Crippen molar-refractivity contribution in [3.63, 3.8) is 0 Å². The summed E-state index contributed by atoms with van der Waals surface area (Å²) in [6.45, 7) is 5.45.